The van der Waals surface area contributed by atoms with Gasteiger partial charge in [0.15, 0.2) is 0 Å². The number of hydrogen-bond donors (Lipinski definition) is 2. The third-order valence-electron chi connectivity index (χ3n) is 4.37. The van der Waals surface area contributed by atoms with Crippen molar-refractivity contribution in [2.45, 2.75) is 20.8 Å². The molecule has 3 rings (SSSR count). The van der Waals surface area contributed by atoms with Crippen molar-refractivity contribution < 1.29 is 14.3 Å². The number of amides is 1. The van der Waals surface area contributed by atoms with Gasteiger partial charge in [-0.15, -0.1) is 0 Å². The van der Waals surface area contributed by atoms with Gasteiger partial charge in [0, 0.05) is 17.4 Å². The molecule has 7 nitrogen and oxygen atoms in total. The molecule has 0 aliphatic rings. The fourth-order valence-corrected chi connectivity index (χ4v) is 2.91. The lowest BCUT2D eigenvalue weighted by atomic mass is 10.1. The quantitative estimate of drug-likeness (QED) is 0.646. The molecule has 29 heavy (non-hydrogen) atoms. The Morgan fingerprint density at radius 2 is 1.69 bits per heavy atom. The van der Waals surface area contributed by atoms with Gasteiger partial charge in [0.25, 0.3) is 5.91 Å². The van der Waals surface area contributed by atoms with E-state index in [0.717, 1.165) is 16.8 Å². The lowest BCUT2D eigenvalue weighted by Gasteiger charge is -2.13. The number of carbonyl (C=O) groups excluding carboxylic acids is 1. The molecule has 0 saturated heterocycles. The smallest absolute Gasteiger partial charge is 0.274 e. The van der Waals surface area contributed by atoms with Crippen molar-refractivity contribution in [3.8, 4) is 11.5 Å². The Balaban J connectivity index is 1.87. The van der Waals surface area contributed by atoms with Crippen molar-refractivity contribution in [1.82, 2.24) is 9.97 Å². The molecule has 3 aromatic rings. The van der Waals surface area contributed by atoms with Crippen molar-refractivity contribution in [3.63, 3.8) is 0 Å². The van der Waals surface area contributed by atoms with Crippen LogP contribution in [0, 0.1) is 20.8 Å². The Bertz CT molecular complexity index is 1050. The van der Waals surface area contributed by atoms with Crippen molar-refractivity contribution >= 4 is 23.2 Å². The van der Waals surface area contributed by atoms with Crippen LogP contribution in [-0.4, -0.2) is 30.1 Å². The molecule has 2 N–H and O–H groups in total. The number of aryl methyl sites for hydroxylation is 3. The van der Waals surface area contributed by atoms with Crippen LogP contribution in [0.5, 0.6) is 11.5 Å². The molecule has 150 valence electrons. The highest BCUT2D eigenvalue weighted by Crippen LogP contribution is 2.30. The van der Waals surface area contributed by atoms with Crippen LogP contribution >= 0.6 is 0 Å². The number of nitrogens with zero attached hydrogens (tertiary/aromatic N) is 2. The van der Waals surface area contributed by atoms with Crippen LogP contribution in [-0.2, 0) is 0 Å². The molecule has 2 aromatic carbocycles. The van der Waals surface area contributed by atoms with Crippen LogP contribution in [0.25, 0.3) is 0 Å². The first-order valence-corrected chi connectivity index (χ1v) is 9.13. The summed E-state index contributed by atoms with van der Waals surface area (Å²) in [5.74, 6) is 1.26. The number of rotatable bonds is 6. The van der Waals surface area contributed by atoms with E-state index in [-0.39, 0.29) is 11.6 Å². The van der Waals surface area contributed by atoms with E-state index >= 15 is 0 Å². The van der Waals surface area contributed by atoms with Crippen molar-refractivity contribution in [2.75, 3.05) is 24.9 Å². The predicted molar refractivity (Wildman–Crippen MR) is 113 cm³/mol. The maximum atomic E-state index is 12.8. The minimum absolute atomic E-state index is 0.266. The molecular formula is C22H24N4O3. The van der Waals surface area contributed by atoms with Gasteiger partial charge in [-0.2, -0.15) is 0 Å². The average molecular weight is 392 g/mol. The maximum Gasteiger partial charge on any atom is 0.274 e. The van der Waals surface area contributed by atoms with Gasteiger partial charge >= 0.3 is 0 Å². The summed E-state index contributed by atoms with van der Waals surface area (Å²) in [7, 11) is 3.16. The number of anilines is 3. The van der Waals surface area contributed by atoms with Crippen LogP contribution in [0.2, 0.25) is 0 Å². The molecule has 1 aromatic heterocycles. The minimum Gasteiger partial charge on any atom is -0.497 e. The standard InChI is InChI=1S/C22H24N4O3/c1-13-6-8-17(14(2)10-13)24-21(27)19-11-15(3)23-22(26-19)25-18-12-16(28-4)7-9-20(18)29-5/h6-12H,1-5H3,(H,24,27)(H,23,25,26). The van der Waals surface area contributed by atoms with Gasteiger partial charge in [-0.3, -0.25) is 4.79 Å². The van der Waals surface area contributed by atoms with Gasteiger partial charge in [-0.1, -0.05) is 17.7 Å². The molecule has 7 heteroatoms. The van der Waals surface area contributed by atoms with E-state index in [1.54, 1.807) is 38.5 Å². The van der Waals surface area contributed by atoms with Gasteiger partial charge in [0.1, 0.15) is 17.2 Å². The second-order valence-electron chi connectivity index (χ2n) is 6.68. The topological polar surface area (TPSA) is 85.4 Å². The molecule has 0 saturated carbocycles. The van der Waals surface area contributed by atoms with Crippen molar-refractivity contribution in [3.05, 3.63) is 65.0 Å². The second kappa shape index (κ2) is 8.60. The molecular weight excluding hydrogens is 368 g/mol. The monoisotopic (exact) mass is 392 g/mol. The average Bonchev–Trinajstić information content (AvgIpc) is 2.69. The zero-order valence-corrected chi connectivity index (χ0v) is 17.2. The maximum absolute atomic E-state index is 12.8. The van der Waals surface area contributed by atoms with E-state index in [0.29, 0.717) is 28.8 Å². The largest absolute Gasteiger partial charge is 0.497 e. The fourth-order valence-electron chi connectivity index (χ4n) is 2.91. The number of benzene rings is 2. The van der Waals surface area contributed by atoms with E-state index in [9.17, 15) is 4.79 Å². The summed E-state index contributed by atoms with van der Waals surface area (Å²) >= 11 is 0. The van der Waals surface area contributed by atoms with Gasteiger partial charge in [0.2, 0.25) is 5.95 Å². The lowest BCUT2D eigenvalue weighted by molar-refractivity contribution is 0.102. The zero-order chi connectivity index (χ0) is 21.0. The molecule has 0 aliphatic carbocycles. The number of aromatic nitrogens is 2. The summed E-state index contributed by atoms with van der Waals surface area (Å²) in [6.45, 7) is 5.77. The van der Waals surface area contributed by atoms with Gasteiger partial charge < -0.3 is 20.1 Å². The Morgan fingerprint density at radius 3 is 2.38 bits per heavy atom. The first-order chi connectivity index (χ1) is 13.9. The minimum atomic E-state index is -0.303. The van der Waals surface area contributed by atoms with Gasteiger partial charge in [-0.25, -0.2) is 9.97 Å². The number of nitrogens with one attached hydrogen (secondary N) is 2. The molecule has 0 radical (unpaired) electrons. The summed E-state index contributed by atoms with van der Waals surface area (Å²) in [6, 6.07) is 12.9. The van der Waals surface area contributed by atoms with E-state index < -0.39 is 0 Å². The Labute approximate surface area is 170 Å². The van der Waals surface area contributed by atoms with E-state index in [4.69, 9.17) is 9.47 Å². The summed E-state index contributed by atoms with van der Waals surface area (Å²) < 4.78 is 10.6. The molecule has 0 bridgehead atoms. The highest BCUT2D eigenvalue weighted by molar-refractivity contribution is 6.03. The zero-order valence-electron chi connectivity index (χ0n) is 17.2. The van der Waals surface area contributed by atoms with Gasteiger partial charge in [0.05, 0.1) is 19.9 Å². The number of hydrogen-bond acceptors (Lipinski definition) is 6. The first kappa shape index (κ1) is 20.1. The third-order valence-corrected chi connectivity index (χ3v) is 4.37. The van der Waals surface area contributed by atoms with Crippen molar-refractivity contribution in [1.29, 1.82) is 0 Å². The molecule has 0 unspecified atom stereocenters. The molecule has 1 heterocycles. The van der Waals surface area contributed by atoms with Gasteiger partial charge in [-0.05, 0) is 50.6 Å². The molecule has 0 spiro atoms. The van der Waals surface area contributed by atoms with E-state index in [2.05, 4.69) is 20.6 Å². The van der Waals surface area contributed by atoms with Crippen LogP contribution in [0.1, 0.15) is 27.3 Å². The van der Waals surface area contributed by atoms with E-state index in [1.807, 2.05) is 39.0 Å². The molecule has 0 atom stereocenters. The summed E-state index contributed by atoms with van der Waals surface area (Å²) in [5.41, 5.74) is 4.44. The van der Waals surface area contributed by atoms with Crippen LogP contribution in [0.3, 0.4) is 0 Å². The van der Waals surface area contributed by atoms with Crippen molar-refractivity contribution in [2.24, 2.45) is 0 Å². The number of ether oxygens (including phenoxy) is 2. The number of methoxy groups -OCH3 is 2. The van der Waals surface area contributed by atoms with Crippen LogP contribution < -0.4 is 20.1 Å². The SMILES string of the molecule is COc1ccc(OC)c(Nc2nc(C)cc(C(=O)Nc3ccc(C)cc3C)n2)c1. The lowest BCUT2D eigenvalue weighted by Crippen LogP contribution is -2.16. The Kier molecular flexibility index (Phi) is 5.97. The summed E-state index contributed by atoms with van der Waals surface area (Å²) in [5, 5.41) is 6.02. The van der Waals surface area contributed by atoms with E-state index in [1.165, 1.54) is 0 Å². The second-order valence-corrected chi connectivity index (χ2v) is 6.68. The number of carbonyl (C=O) groups is 1. The normalized spacial score (nSPS) is 10.4. The Morgan fingerprint density at radius 1 is 0.897 bits per heavy atom. The summed E-state index contributed by atoms with van der Waals surface area (Å²) in [6.07, 6.45) is 0. The first-order valence-electron chi connectivity index (χ1n) is 9.13. The van der Waals surface area contributed by atoms with Crippen LogP contribution in [0.4, 0.5) is 17.3 Å². The fraction of sp³-hybridized carbons (Fsp3) is 0.227. The predicted octanol–water partition coefficient (Wildman–Crippen LogP) is 4.41. The highest BCUT2D eigenvalue weighted by atomic mass is 16.5. The molecule has 0 fully saturated rings. The summed E-state index contributed by atoms with van der Waals surface area (Å²) in [4.78, 5) is 21.5. The third kappa shape index (κ3) is 4.82. The van der Waals surface area contributed by atoms with Crippen LogP contribution in [0.15, 0.2) is 42.5 Å². The molecule has 0 aliphatic heterocycles. The highest BCUT2D eigenvalue weighted by Gasteiger charge is 2.14. The Hall–Kier alpha value is -3.61. The molecule has 1 amide bonds.